The normalized spacial score (nSPS) is 10.0. The maximum Gasteiger partial charge on any atom is 0.234 e. The van der Waals surface area contributed by atoms with Crippen molar-refractivity contribution >= 4 is 21.6 Å². The van der Waals surface area contributed by atoms with Gasteiger partial charge in [-0.1, -0.05) is 0 Å². The van der Waals surface area contributed by atoms with E-state index in [1.165, 1.54) is 18.3 Å². The molecule has 0 unspecified atom stereocenters. The minimum atomic E-state index is -0.623. The number of benzene rings is 1. The standard InChI is InChI=1S/C13H9BrFN3O/c1-7-10(17)6-18-13(12(7)14)19-11-3-2-8(5-16)4-9(11)15/h2-4,6H,17H2,1H3. The van der Waals surface area contributed by atoms with Crippen LogP contribution in [0.2, 0.25) is 0 Å². The molecule has 0 aliphatic carbocycles. The van der Waals surface area contributed by atoms with E-state index in [2.05, 4.69) is 20.9 Å². The number of nitrogens with zero attached hydrogens (tertiary/aromatic N) is 2. The van der Waals surface area contributed by atoms with E-state index in [0.717, 1.165) is 11.6 Å². The molecule has 0 amide bonds. The van der Waals surface area contributed by atoms with E-state index in [1.807, 2.05) is 6.07 Å². The quantitative estimate of drug-likeness (QED) is 0.918. The number of ether oxygens (including phenoxy) is 1. The van der Waals surface area contributed by atoms with E-state index >= 15 is 0 Å². The van der Waals surface area contributed by atoms with E-state index in [0.29, 0.717) is 10.2 Å². The molecule has 4 nitrogen and oxygen atoms in total. The summed E-state index contributed by atoms with van der Waals surface area (Å²) < 4.78 is 19.6. The molecule has 19 heavy (non-hydrogen) atoms. The molecule has 0 fully saturated rings. The minimum absolute atomic E-state index is 0.00336. The molecule has 96 valence electrons. The Kier molecular flexibility index (Phi) is 3.67. The maximum absolute atomic E-state index is 13.7. The van der Waals surface area contributed by atoms with Crippen molar-refractivity contribution in [3.63, 3.8) is 0 Å². The van der Waals surface area contributed by atoms with Crippen molar-refractivity contribution in [3.8, 4) is 17.7 Å². The largest absolute Gasteiger partial charge is 0.435 e. The molecule has 2 N–H and O–H groups in total. The van der Waals surface area contributed by atoms with Crippen molar-refractivity contribution in [1.82, 2.24) is 4.98 Å². The highest BCUT2D eigenvalue weighted by molar-refractivity contribution is 9.10. The van der Waals surface area contributed by atoms with E-state index in [4.69, 9.17) is 15.7 Å². The molecule has 0 radical (unpaired) electrons. The van der Waals surface area contributed by atoms with Crippen LogP contribution in [-0.4, -0.2) is 4.98 Å². The van der Waals surface area contributed by atoms with Gasteiger partial charge in [0.1, 0.15) is 0 Å². The van der Waals surface area contributed by atoms with Gasteiger partial charge in [0.15, 0.2) is 11.6 Å². The Labute approximate surface area is 117 Å². The zero-order valence-corrected chi connectivity index (χ0v) is 11.5. The Morgan fingerprint density at radius 2 is 2.21 bits per heavy atom. The highest BCUT2D eigenvalue weighted by atomic mass is 79.9. The highest BCUT2D eigenvalue weighted by Gasteiger charge is 2.12. The summed E-state index contributed by atoms with van der Waals surface area (Å²) >= 11 is 3.30. The van der Waals surface area contributed by atoms with Gasteiger partial charge in [0, 0.05) is 0 Å². The topological polar surface area (TPSA) is 71.9 Å². The van der Waals surface area contributed by atoms with Crippen molar-refractivity contribution in [1.29, 1.82) is 5.26 Å². The van der Waals surface area contributed by atoms with Crippen LogP contribution in [0.4, 0.5) is 10.1 Å². The number of aromatic nitrogens is 1. The van der Waals surface area contributed by atoms with Crippen LogP contribution in [0.15, 0.2) is 28.9 Å². The third-order valence-electron chi connectivity index (χ3n) is 2.54. The number of nitriles is 1. The van der Waals surface area contributed by atoms with E-state index in [-0.39, 0.29) is 17.2 Å². The van der Waals surface area contributed by atoms with Gasteiger partial charge in [0.05, 0.1) is 28.0 Å². The Bertz CT molecular complexity index is 682. The molecule has 1 aromatic carbocycles. The van der Waals surface area contributed by atoms with Gasteiger partial charge in [-0.2, -0.15) is 5.26 Å². The summed E-state index contributed by atoms with van der Waals surface area (Å²) in [7, 11) is 0. The smallest absolute Gasteiger partial charge is 0.234 e. The minimum Gasteiger partial charge on any atom is -0.435 e. The molecular weight excluding hydrogens is 313 g/mol. The Morgan fingerprint density at radius 3 is 2.84 bits per heavy atom. The van der Waals surface area contributed by atoms with Gasteiger partial charge in [-0.25, -0.2) is 9.37 Å². The van der Waals surface area contributed by atoms with Gasteiger partial charge in [-0.3, -0.25) is 0 Å². The third-order valence-corrected chi connectivity index (χ3v) is 3.47. The fourth-order valence-electron chi connectivity index (χ4n) is 1.40. The van der Waals surface area contributed by atoms with Crippen LogP contribution in [0.25, 0.3) is 0 Å². The molecule has 0 bridgehead atoms. The van der Waals surface area contributed by atoms with Gasteiger partial charge in [-0.15, -0.1) is 0 Å². The van der Waals surface area contributed by atoms with Crippen LogP contribution in [-0.2, 0) is 0 Å². The second kappa shape index (κ2) is 5.24. The lowest BCUT2D eigenvalue weighted by Gasteiger charge is -2.10. The van der Waals surface area contributed by atoms with Crippen molar-refractivity contribution in [3.05, 3.63) is 45.8 Å². The molecular formula is C13H9BrFN3O. The molecule has 0 aliphatic heterocycles. The number of rotatable bonds is 2. The molecule has 0 aliphatic rings. The first-order valence-corrected chi connectivity index (χ1v) is 6.10. The van der Waals surface area contributed by atoms with Crippen LogP contribution in [0.3, 0.4) is 0 Å². The molecule has 1 heterocycles. The maximum atomic E-state index is 13.7. The van der Waals surface area contributed by atoms with Crippen molar-refractivity contribution < 1.29 is 9.13 Å². The summed E-state index contributed by atoms with van der Waals surface area (Å²) in [5, 5.41) is 8.66. The molecule has 2 rings (SSSR count). The number of nitrogen functional groups attached to an aromatic ring is 1. The van der Waals surface area contributed by atoms with Gasteiger partial charge in [0.2, 0.25) is 5.88 Å². The number of halogens is 2. The molecule has 0 atom stereocenters. The van der Waals surface area contributed by atoms with Crippen LogP contribution in [0.1, 0.15) is 11.1 Å². The predicted molar refractivity (Wildman–Crippen MR) is 72.3 cm³/mol. The molecule has 1 aromatic heterocycles. The molecule has 0 spiro atoms. The van der Waals surface area contributed by atoms with Gasteiger partial charge < -0.3 is 10.5 Å². The summed E-state index contributed by atoms with van der Waals surface area (Å²) in [4.78, 5) is 3.99. The lowest BCUT2D eigenvalue weighted by atomic mass is 10.2. The van der Waals surface area contributed by atoms with E-state index in [1.54, 1.807) is 6.92 Å². The lowest BCUT2D eigenvalue weighted by Crippen LogP contribution is -1.97. The van der Waals surface area contributed by atoms with Crippen LogP contribution in [0.5, 0.6) is 11.6 Å². The fourth-order valence-corrected chi connectivity index (χ4v) is 1.81. The second-order valence-electron chi connectivity index (χ2n) is 3.82. The Balaban J connectivity index is 2.37. The SMILES string of the molecule is Cc1c(N)cnc(Oc2ccc(C#N)cc2F)c1Br. The average Bonchev–Trinajstić information content (AvgIpc) is 2.41. The molecule has 2 aromatic rings. The number of anilines is 1. The summed E-state index contributed by atoms with van der Waals surface area (Å²) in [5.41, 5.74) is 7.20. The Morgan fingerprint density at radius 1 is 1.47 bits per heavy atom. The van der Waals surface area contributed by atoms with Gasteiger partial charge in [0.25, 0.3) is 0 Å². The second-order valence-corrected chi connectivity index (χ2v) is 4.61. The third kappa shape index (κ3) is 2.66. The first-order chi connectivity index (χ1) is 9.02. The van der Waals surface area contributed by atoms with Crippen molar-refractivity contribution in [2.75, 3.05) is 5.73 Å². The monoisotopic (exact) mass is 321 g/mol. The van der Waals surface area contributed by atoms with E-state index in [9.17, 15) is 4.39 Å². The molecule has 0 saturated heterocycles. The average molecular weight is 322 g/mol. The number of hydrogen-bond donors (Lipinski definition) is 1. The Hall–Kier alpha value is -2.13. The van der Waals surface area contributed by atoms with Crippen molar-refractivity contribution in [2.45, 2.75) is 6.92 Å². The highest BCUT2D eigenvalue weighted by Crippen LogP contribution is 2.33. The summed E-state index contributed by atoms with van der Waals surface area (Å²) in [6.07, 6.45) is 1.44. The first-order valence-electron chi connectivity index (χ1n) is 5.31. The number of hydrogen-bond acceptors (Lipinski definition) is 4. The summed E-state index contributed by atoms with van der Waals surface area (Å²) in [6.45, 7) is 1.79. The van der Waals surface area contributed by atoms with Crippen LogP contribution >= 0.6 is 15.9 Å². The van der Waals surface area contributed by atoms with E-state index < -0.39 is 5.82 Å². The lowest BCUT2D eigenvalue weighted by molar-refractivity contribution is 0.424. The zero-order chi connectivity index (χ0) is 14.0. The zero-order valence-electron chi connectivity index (χ0n) is 9.95. The van der Waals surface area contributed by atoms with Crippen LogP contribution < -0.4 is 10.5 Å². The summed E-state index contributed by atoms with van der Waals surface area (Å²) in [5.74, 6) is -0.408. The first kappa shape index (κ1) is 13.3. The van der Waals surface area contributed by atoms with Crippen LogP contribution in [0, 0.1) is 24.1 Å². The number of nitrogens with two attached hydrogens (primary N) is 1. The van der Waals surface area contributed by atoms with Crippen molar-refractivity contribution in [2.24, 2.45) is 0 Å². The molecule has 0 saturated carbocycles. The molecule has 6 heteroatoms. The predicted octanol–water partition coefficient (Wildman–Crippen LogP) is 3.54. The van der Waals surface area contributed by atoms with Gasteiger partial charge in [-0.05, 0) is 46.6 Å². The van der Waals surface area contributed by atoms with Gasteiger partial charge >= 0.3 is 0 Å². The summed E-state index contributed by atoms with van der Waals surface area (Å²) in [6, 6.07) is 5.81. The fraction of sp³-hybridized carbons (Fsp3) is 0.0769. The number of pyridine rings is 1.